The predicted octanol–water partition coefficient (Wildman–Crippen LogP) is 5.93. The molecule has 0 radical (unpaired) electrons. The number of amides is 2. The number of benzene rings is 2. The fraction of sp³-hybridized carbons (Fsp3) is 0.158. The number of carbonyl (C=O) groups excluding carboxylic acids is 2. The molecule has 0 unspecified atom stereocenters. The summed E-state index contributed by atoms with van der Waals surface area (Å²) in [5.41, 5.74) is 0.814. The van der Waals surface area contributed by atoms with Gasteiger partial charge in [-0.25, -0.2) is 0 Å². The second-order valence-corrected chi connectivity index (χ2v) is 8.01. The van der Waals surface area contributed by atoms with Crippen molar-refractivity contribution in [3.05, 3.63) is 68.0 Å². The molecule has 26 heavy (non-hydrogen) atoms. The van der Waals surface area contributed by atoms with Crippen molar-refractivity contribution in [2.45, 2.75) is 18.2 Å². The van der Waals surface area contributed by atoms with Gasteiger partial charge in [0.15, 0.2) is 0 Å². The molecule has 0 bridgehead atoms. The molecule has 134 valence electrons. The SMILES string of the molecule is CCCN1C(=O)C(Sc2ccc(Cl)cc2)=C(c2ccc(Cl)cc2Cl)C1=O. The van der Waals surface area contributed by atoms with Gasteiger partial charge in [-0.05, 0) is 42.8 Å². The van der Waals surface area contributed by atoms with E-state index in [9.17, 15) is 9.59 Å². The average molecular weight is 427 g/mol. The monoisotopic (exact) mass is 425 g/mol. The van der Waals surface area contributed by atoms with E-state index >= 15 is 0 Å². The third-order valence-corrected chi connectivity index (χ3v) is 5.70. The smallest absolute Gasteiger partial charge is 0.268 e. The van der Waals surface area contributed by atoms with Crippen LogP contribution in [-0.2, 0) is 9.59 Å². The van der Waals surface area contributed by atoms with Crippen LogP contribution in [0.15, 0.2) is 52.3 Å². The number of hydrogen-bond acceptors (Lipinski definition) is 3. The summed E-state index contributed by atoms with van der Waals surface area (Å²) < 4.78 is 0. The third kappa shape index (κ3) is 3.79. The van der Waals surface area contributed by atoms with Crippen LogP contribution in [-0.4, -0.2) is 23.3 Å². The van der Waals surface area contributed by atoms with Crippen molar-refractivity contribution in [2.75, 3.05) is 6.54 Å². The normalized spacial score (nSPS) is 14.5. The van der Waals surface area contributed by atoms with Gasteiger partial charge in [-0.15, -0.1) is 0 Å². The maximum atomic E-state index is 12.9. The highest BCUT2D eigenvalue weighted by molar-refractivity contribution is 8.04. The molecule has 0 atom stereocenters. The summed E-state index contributed by atoms with van der Waals surface area (Å²) in [5.74, 6) is -0.643. The van der Waals surface area contributed by atoms with E-state index in [0.29, 0.717) is 44.1 Å². The first-order valence-electron chi connectivity index (χ1n) is 7.91. The third-order valence-electron chi connectivity index (χ3n) is 3.81. The maximum Gasteiger partial charge on any atom is 0.268 e. The van der Waals surface area contributed by atoms with Gasteiger partial charge >= 0.3 is 0 Å². The molecule has 1 aliphatic rings. The Morgan fingerprint density at radius 3 is 2.19 bits per heavy atom. The largest absolute Gasteiger partial charge is 0.274 e. The molecule has 2 amide bonds. The van der Waals surface area contributed by atoms with Crippen LogP contribution in [0.25, 0.3) is 5.57 Å². The molecule has 7 heteroatoms. The first-order chi connectivity index (χ1) is 12.4. The number of hydrogen-bond donors (Lipinski definition) is 0. The van der Waals surface area contributed by atoms with Crippen LogP contribution in [0, 0.1) is 0 Å². The van der Waals surface area contributed by atoms with Gasteiger partial charge in [-0.3, -0.25) is 14.5 Å². The van der Waals surface area contributed by atoms with E-state index in [1.807, 2.05) is 6.92 Å². The molecule has 0 saturated heterocycles. The van der Waals surface area contributed by atoms with Gasteiger partial charge < -0.3 is 0 Å². The van der Waals surface area contributed by atoms with E-state index in [0.717, 1.165) is 4.90 Å². The first-order valence-corrected chi connectivity index (χ1v) is 9.86. The Kier molecular flexibility index (Phi) is 5.98. The molecule has 0 spiro atoms. The van der Waals surface area contributed by atoms with Gasteiger partial charge in [0.2, 0.25) is 0 Å². The number of rotatable bonds is 5. The van der Waals surface area contributed by atoms with E-state index in [-0.39, 0.29) is 11.8 Å². The van der Waals surface area contributed by atoms with Crippen molar-refractivity contribution in [1.82, 2.24) is 4.90 Å². The lowest BCUT2D eigenvalue weighted by Gasteiger charge is -2.13. The zero-order valence-corrected chi connectivity index (χ0v) is 16.8. The summed E-state index contributed by atoms with van der Waals surface area (Å²) in [6, 6.07) is 12.0. The van der Waals surface area contributed by atoms with Gasteiger partial charge in [-0.2, -0.15) is 0 Å². The zero-order valence-electron chi connectivity index (χ0n) is 13.8. The molecule has 3 nitrogen and oxygen atoms in total. The molecule has 2 aromatic rings. The fourth-order valence-corrected chi connectivity index (χ4v) is 4.26. The Bertz CT molecular complexity index is 910. The van der Waals surface area contributed by atoms with Crippen molar-refractivity contribution >= 4 is 64.0 Å². The van der Waals surface area contributed by atoms with E-state index in [2.05, 4.69) is 0 Å². The summed E-state index contributed by atoms with van der Waals surface area (Å²) in [6.07, 6.45) is 0.679. The molecule has 3 rings (SSSR count). The number of nitrogens with zero attached hydrogens (tertiary/aromatic N) is 1. The molecule has 1 heterocycles. The number of imide groups is 1. The summed E-state index contributed by atoms with van der Waals surface area (Å²) in [7, 11) is 0. The van der Waals surface area contributed by atoms with E-state index in [4.69, 9.17) is 34.8 Å². The first kappa shape index (κ1) is 19.3. The highest BCUT2D eigenvalue weighted by Crippen LogP contribution is 2.42. The van der Waals surface area contributed by atoms with Crippen LogP contribution in [0.2, 0.25) is 15.1 Å². The molecular formula is C19H14Cl3NO2S. The standard InChI is InChI=1S/C19H14Cl3NO2S/c1-2-9-23-18(24)16(14-8-5-12(21)10-15(14)22)17(19(23)25)26-13-6-3-11(20)4-7-13/h3-8,10H,2,9H2,1H3. The molecule has 0 aliphatic carbocycles. The van der Waals surface area contributed by atoms with Crippen molar-refractivity contribution in [2.24, 2.45) is 0 Å². The van der Waals surface area contributed by atoms with Crippen LogP contribution in [0.1, 0.15) is 18.9 Å². The Morgan fingerprint density at radius 1 is 0.923 bits per heavy atom. The van der Waals surface area contributed by atoms with Crippen molar-refractivity contribution in [3.8, 4) is 0 Å². The highest BCUT2D eigenvalue weighted by Gasteiger charge is 2.39. The second kappa shape index (κ2) is 8.05. The summed E-state index contributed by atoms with van der Waals surface area (Å²) in [6.45, 7) is 2.27. The number of carbonyl (C=O) groups is 2. The Labute approximate surface area is 170 Å². The fourth-order valence-electron chi connectivity index (χ4n) is 2.63. The lowest BCUT2D eigenvalue weighted by Crippen LogP contribution is -2.32. The van der Waals surface area contributed by atoms with Gasteiger partial charge in [0.25, 0.3) is 11.8 Å². The molecular weight excluding hydrogens is 413 g/mol. The lowest BCUT2D eigenvalue weighted by molar-refractivity contribution is -0.136. The summed E-state index contributed by atoms with van der Waals surface area (Å²) in [5, 5.41) is 1.40. The minimum Gasteiger partial charge on any atom is -0.274 e. The lowest BCUT2D eigenvalue weighted by atomic mass is 10.1. The van der Waals surface area contributed by atoms with Crippen LogP contribution < -0.4 is 0 Å². The van der Waals surface area contributed by atoms with Crippen LogP contribution >= 0.6 is 46.6 Å². The quantitative estimate of drug-likeness (QED) is 0.556. The van der Waals surface area contributed by atoms with Gasteiger partial charge in [-0.1, -0.05) is 59.6 Å². The minimum absolute atomic E-state index is 0.308. The Morgan fingerprint density at radius 2 is 1.58 bits per heavy atom. The molecule has 0 N–H and O–H groups in total. The van der Waals surface area contributed by atoms with Gasteiger partial charge in [0.05, 0.1) is 15.5 Å². The highest BCUT2D eigenvalue weighted by atomic mass is 35.5. The van der Waals surface area contributed by atoms with Crippen molar-refractivity contribution in [3.63, 3.8) is 0 Å². The molecule has 0 fully saturated rings. The van der Waals surface area contributed by atoms with Crippen LogP contribution in [0.4, 0.5) is 0 Å². The maximum absolute atomic E-state index is 12.9. The van der Waals surface area contributed by atoms with E-state index in [1.54, 1.807) is 42.5 Å². The zero-order chi connectivity index (χ0) is 18.8. The number of thioether (sulfide) groups is 1. The van der Waals surface area contributed by atoms with Gasteiger partial charge in [0.1, 0.15) is 0 Å². The van der Waals surface area contributed by atoms with Crippen molar-refractivity contribution < 1.29 is 9.59 Å². The Hall–Kier alpha value is -1.46. The van der Waals surface area contributed by atoms with Crippen molar-refractivity contribution in [1.29, 1.82) is 0 Å². The Balaban J connectivity index is 2.10. The summed E-state index contributed by atoms with van der Waals surface area (Å²) >= 11 is 19.4. The minimum atomic E-state index is -0.336. The molecule has 0 aromatic heterocycles. The molecule has 2 aromatic carbocycles. The topological polar surface area (TPSA) is 37.4 Å². The average Bonchev–Trinajstić information content (AvgIpc) is 2.82. The number of halogens is 3. The van der Waals surface area contributed by atoms with Crippen LogP contribution in [0.3, 0.4) is 0 Å². The molecule has 0 saturated carbocycles. The summed E-state index contributed by atoms with van der Waals surface area (Å²) in [4.78, 5) is 28.2. The van der Waals surface area contributed by atoms with Gasteiger partial charge in [0, 0.05) is 27.0 Å². The second-order valence-electron chi connectivity index (χ2n) is 5.65. The molecule has 1 aliphatic heterocycles. The van der Waals surface area contributed by atoms with Crippen LogP contribution in [0.5, 0.6) is 0 Å². The van der Waals surface area contributed by atoms with E-state index < -0.39 is 0 Å². The predicted molar refractivity (Wildman–Crippen MR) is 108 cm³/mol. The van der Waals surface area contributed by atoms with E-state index in [1.165, 1.54) is 16.7 Å².